The van der Waals surface area contributed by atoms with E-state index in [1.54, 1.807) is 5.57 Å². The summed E-state index contributed by atoms with van der Waals surface area (Å²) >= 11 is 5.52. The summed E-state index contributed by atoms with van der Waals surface area (Å²) in [5.41, 5.74) is 1.56. The molecule has 108 valence electrons. The molecule has 0 unspecified atom stereocenters. The lowest BCUT2D eigenvalue weighted by molar-refractivity contribution is -0.171. The molecule has 1 aromatic carbocycles. The van der Waals surface area contributed by atoms with Crippen LogP contribution >= 0.6 is 27.7 Å². The summed E-state index contributed by atoms with van der Waals surface area (Å²) in [5, 5.41) is 0.927. The lowest BCUT2D eigenvalue weighted by Crippen LogP contribution is -2.33. The van der Waals surface area contributed by atoms with Crippen molar-refractivity contribution in [1.82, 2.24) is 0 Å². The van der Waals surface area contributed by atoms with Crippen LogP contribution in [0.5, 0.6) is 0 Å². The smallest absolute Gasteiger partial charge is 0.169 e. The Balaban J connectivity index is 1.69. The van der Waals surface area contributed by atoms with Crippen molar-refractivity contribution in [3.05, 3.63) is 40.8 Å². The third-order valence-electron chi connectivity index (χ3n) is 3.93. The van der Waals surface area contributed by atoms with Gasteiger partial charge in [-0.15, -0.1) is 0 Å². The van der Waals surface area contributed by atoms with Gasteiger partial charge in [0.1, 0.15) is 0 Å². The molecule has 2 nitrogen and oxygen atoms in total. The normalized spacial score (nSPS) is 21.4. The van der Waals surface area contributed by atoms with E-state index in [1.165, 1.54) is 9.80 Å². The molecule has 0 N–H and O–H groups in total. The molecule has 0 bridgehead atoms. The molecule has 1 aliphatic heterocycles. The van der Waals surface area contributed by atoms with E-state index in [1.807, 2.05) is 11.8 Å². The van der Waals surface area contributed by atoms with Crippen molar-refractivity contribution >= 4 is 27.7 Å². The number of hydrogen-bond acceptors (Lipinski definition) is 3. The van der Waals surface area contributed by atoms with Gasteiger partial charge in [0, 0.05) is 23.1 Å². The fourth-order valence-corrected chi connectivity index (χ4v) is 4.54. The number of alkyl halides is 1. The maximum Gasteiger partial charge on any atom is 0.169 e. The number of benzene rings is 1. The Morgan fingerprint density at radius 1 is 1.10 bits per heavy atom. The molecule has 2 fully saturated rings. The Morgan fingerprint density at radius 2 is 1.75 bits per heavy atom. The van der Waals surface area contributed by atoms with Crippen LogP contribution in [-0.2, 0) is 9.47 Å². The molecule has 1 heterocycles. The first-order chi connectivity index (χ1) is 9.81. The summed E-state index contributed by atoms with van der Waals surface area (Å²) in [6, 6.07) is 10.6. The van der Waals surface area contributed by atoms with Crippen LogP contribution in [0.1, 0.15) is 25.7 Å². The predicted molar refractivity (Wildman–Crippen MR) is 86.2 cm³/mol. The minimum Gasteiger partial charge on any atom is -0.348 e. The minimum atomic E-state index is -0.266. The maximum atomic E-state index is 5.80. The van der Waals surface area contributed by atoms with Crippen molar-refractivity contribution in [3.63, 3.8) is 0 Å². The molecule has 0 atom stereocenters. The van der Waals surface area contributed by atoms with E-state index >= 15 is 0 Å². The van der Waals surface area contributed by atoms with Gasteiger partial charge in [0.05, 0.1) is 13.2 Å². The van der Waals surface area contributed by atoms with Gasteiger partial charge in [-0.3, -0.25) is 0 Å². The molecular weight excluding hydrogens is 336 g/mol. The third-order valence-corrected chi connectivity index (χ3v) is 6.05. The average Bonchev–Trinajstić information content (AvgIpc) is 2.95. The second-order valence-electron chi connectivity index (χ2n) is 5.18. The van der Waals surface area contributed by atoms with Crippen LogP contribution in [0.2, 0.25) is 0 Å². The lowest BCUT2D eigenvalue weighted by Gasteiger charge is -2.33. The van der Waals surface area contributed by atoms with E-state index < -0.39 is 0 Å². The number of allylic oxidation sites excluding steroid dienone is 2. The second-order valence-corrected chi connectivity index (χ2v) is 6.91. The Labute approximate surface area is 133 Å². The fourth-order valence-electron chi connectivity index (χ4n) is 2.82. The van der Waals surface area contributed by atoms with E-state index in [2.05, 4.69) is 46.3 Å². The Hall–Kier alpha value is -0.290. The second kappa shape index (κ2) is 6.65. The highest BCUT2D eigenvalue weighted by atomic mass is 79.9. The standard InChI is InChI=1S/C16H19BrO2S/c17-12-15(20-14-4-2-1-3-5-14)13-6-8-16(9-7-13)18-10-11-19-16/h1-5H,6-12H2. The average molecular weight is 355 g/mol. The van der Waals surface area contributed by atoms with Crippen LogP contribution < -0.4 is 0 Å². The van der Waals surface area contributed by atoms with Crippen molar-refractivity contribution in [3.8, 4) is 0 Å². The molecule has 4 heteroatoms. The van der Waals surface area contributed by atoms with E-state index in [4.69, 9.17) is 9.47 Å². The summed E-state index contributed by atoms with van der Waals surface area (Å²) in [4.78, 5) is 2.76. The fraction of sp³-hybridized carbons (Fsp3) is 0.500. The van der Waals surface area contributed by atoms with Gasteiger partial charge in [0.2, 0.25) is 0 Å². The molecule has 0 amide bonds. The first-order valence-corrected chi connectivity index (χ1v) is 9.03. The topological polar surface area (TPSA) is 18.5 Å². The highest BCUT2D eigenvalue weighted by molar-refractivity contribution is 9.09. The Bertz CT molecular complexity index is 469. The van der Waals surface area contributed by atoms with Crippen LogP contribution in [0.4, 0.5) is 0 Å². The Kier molecular flexibility index (Phi) is 4.87. The van der Waals surface area contributed by atoms with Crippen LogP contribution in [0.15, 0.2) is 45.7 Å². The number of rotatable bonds is 3. The van der Waals surface area contributed by atoms with E-state index in [0.29, 0.717) is 0 Å². The van der Waals surface area contributed by atoms with Gasteiger partial charge >= 0.3 is 0 Å². The summed E-state index contributed by atoms with van der Waals surface area (Å²) in [6.45, 7) is 1.51. The Morgan fingerprint density at radius 3 is 2.35 bits per heavy atom. The highest BCUT2D eigenvalue weighted by Gasteiger charge is 2.39. The molecule has 1 saturated carbocycles. The molecule has 1 aliphatic carbocycles. The zero-order valence-electron chi connectivity index (χ0n) is 11.4. The van der Waals surface area contributed by atoms with E-state index in [0.717, 1.165) is 44.2 Å². The van der Waals surface area contributed by atoms with Gasteiger partial charge in [0.15, 0.2) is 5.79 Å². The molecule has 1 aromatic rings. The predicted octanol–water partition coefficient (Wildman–Crippen LogP) is 4.74. The zero-order chi connectivity index (χ0) is 13.8. The van der Waals surface area contributed by atoms with E-state index in [-0.39, 0.29) is 5.79 Å². The number of halogens is 1. The molecular formula is C16H19BrO2S. The zero-order valence-corrected chi connectivity index (χ0v) is 13.8. The number of ether oxygens (including phenoxy) is 2. The van der Waals surface area contributed by atoms with Gasteiger partial charge < -0.3 is 9.47 Å². The van der Waals surface area contributed by atoms with Crippen molar-refractivity contribution in [2.75, 3.05) is 18.5 Å². The summed E-state index contributed by atoms with van der Waals surface area (Å²) in [6.07, 6.45) is 4.16. The molecule has 0 radical (unpaired) electrons. The summed E-state index contributed by atoms with van der Waals surface area (Å²) in [5.74, 6) is -0.266. The van der Waals surface area contributed by atoms with Crippen molar-refractivity contribution in [2.45, 2.75) is 36.4 Å². The molecule has 1 spiro atoms. The van der Waals surface area contributed by atoms with Crippen LogP contribution in [0.3, 0.4) is 0 Å². The number of thioether (sulfide) groups is 1. The van der Waals surface area contributed by atoms with Gasteiger partial charge in [-0.2, -0.15) is 0 Å². The summed E-state index contributed by atoms with van der Waals surface area (Å²) < 4.78 is 11.6. The van der Waals surface area contributed by atoms with Crippen molar-refractivity contribution in [1.29, 1.82) is 0 Å². The summed E-state index contributed by atoms with van der Waals surface area (Å²) in [7, 11) is 0. The van der Waals surface area contributed by atoms with Gasteiger partial charge in [-0.05, 0) is 29.9 Å². The lowest BCUT2D eigenvalue weighted by atomic mass is 9.89. The quantitative estimate of drug-likeness (QED) is 0.576. The van der Waals surface area contributed by atoms with Crippen LogP contribution in [-0.4, -0.2) is 24.3 Å². The maximum absolute atomic E-state index is 5.80. The monoisotopic (exact) mass is 354 g/mol. The SMILES string of the molecule is BrCC(Sc1ccccc1)=C1CCC2(CC1)OCCO2. The van der Waals surface area contributed by atoms with Crippen molar-refractivity contribution < 1.29 is 9.47 Å². The number of hydrogen-bond donors (Lipinski definition) is 0. The van der Waals surface area contributed by atoms with Crippen LogP contribution in [0.25, 0.3) is 0 Å². The van der Waals surface area contributed by atoms with Gasteiger partial charge in [-0.1, -0.05) is 51.5 Å². The first-order valence-electron chi connectivity index (χ1n) is 7.09. The van der Waals surface area contributed by atoms with Gasteiger partial charge in [0.25, 0.3) is 0 Å². The molecule has 1 saturated heterocycles. The molecule has 0 aromatic heterocycles. The third kappa shape index (κ3) is 3.30. The first kappa shape index (κ1) is 14.6. The molecule has 3 rings (SSSR count). The van der Waals surface area contributed by atoms with Crippen LogP contribution in [0, 0.1) is 0 Å². The minimum absolute atomic E-state index is 0.266. The highest BCUT2D eigenvalue weighted by Crippen LogP contribution is 2.42. The van der Waals surface area contributed by atoms with Gasteiger partial charge in [-0.25, -0.2) is 0 Å². The molecule has 2 aliphatic rings. The largest absolute Gasteiger partial charge is 0.348 e. The molecule has 20 heavy (non-hydrogen) atoms. The van der Waals surface area contributed by atoms with E-state index in [9.17, 15) is 0 Å². The van der Waals surface area contributed by atoms with Crippen molar-refractivity contribution in [2.24, 2.45) is 0 Å².